The van der Waals surface area contributed by atoms with Crippen LogP contribution >= 0.6 is 0 Å². The number of halogens is 1. The number of ether oxygens (including phenoxy) is 1. The van der Waals surface area contributed by atoms with E-state index in [1.807, 2.05) is 25.3 Å². The van der Waals surface area contributed by atoms with Gasteiger partial charge in [0.2, 0.25) is 11.8 Å². The first-order valence-corrected chi connectivity index (χ1v) is 8.01. The Kier molecular flexibility index (Phi) is 3.63. The van der Waals surface area contributed by atoms with E-state index in [1.165, 1.54) is 0 Å². The van der Waals surface area contributed by atoms with Crippen molar-refractivity contribution in [2.75, 3.05) is 12.4 Å². The summed E-state index contributed by atoms with van der Waals surface area (Å²) in [6.45, 7) is 1.99. The fraction of sp³-hybridized carbons (Fsp3) is 0.278. The van der Waals surface area contributed by atoms with Crippen molar-refractivity contribution in [2.45, 2.75) is 19.5 Å². The second-order valence-electron chi connectivity index (χ2n) is 6.15. The summed E-state index contributed by atoms with van der Waals surface area (Å²) in [5.74, 6) is 0.0794. The van der Waals surface area contributed by atoms with Gasteiger partial charge in [-0.05, 0) is 37.1 Å². The van der Waals surface area contributed by atoms with E-state index < -0.39 is 12.1 Å². The van der Waals surface area contributed by atoms with Crippen LogP contribution in [0.1, 0.15) is 14.8 Å². The molecule has 25 heavy (non-hydrogen) atoms. The van der Waals surface area contributed by atoms with Gasteiger partial charge in [0.05, 0.1) is 13.0 Å². The van der Waals surface area contributed by atoms with Gasteiger partial charge in [-0.1, -0.05) is 0 Å². The predicted octanol–water partition coefficient (Wildman–Crippen LogP) is 3.73. The first kappa shape index (κ1) is 15.6. The van der Waals surface area contributed by atoms with E-state index in [9.17, 15) is 9.18 Å². The predicted molar refractivity (Wildman–Crippen MR) is 96.5 cm³/mol. The van der Waals surface area contributed by atoms with Gasteiger partial charge in [-0.2, -0.15) is 0 Å². The van der Waals surface area contributed by atoms with Crippen LogP contribution in [0.25, 0.3) is 22.2 Å². The number of hydrogen-bond donors (Lipinski definition) is 2. The normalized spacial score (nSPS) is 19.0. The smallest absolute Gasteiger partial charge is 0.231 e. The monoisotopic (exact) mass is 344 g/mol. The molecule has 1 fully saturated rings. The highest BCUT2D eigenvalue weighted by molar-refractivity contribution is 5.98. The summed E-state index contributed by atoms with van der Waals surface area (Å²) in [6, 6.07) is 5.50. The Morgan fingerprint density at radius 1 is 1.44 bits per heavy atom. The molecule has 1 aliphatic rings. The molecule has 0 bridgehead atoms. The van der Waals surface area contributed by atoms with Gasteiger partial charge in [0, 0.05) is 31.8 Å². The molecule has 3 aromatic heterocycles. The minimum Gasteiger partial charge on any atom is -0.481 e. The van der Waals surface area contributed by atoms with E-state index in [1.54, 1.807) is 19.4 Å². The Labute approximate surface area is 146 Å². The Balaban J connectivity index is 0.00000131. The van der Waals surface area contributed by atoms with Crippen molar-refractivity contribution in [1.82, 2.24) is 15.0 Å². The number of nitrogens with zero attached hydrogens (tertiary/aromatic N) is 2. The van der Waals surface area contributed by atoms with Gasteiger partial charge in [-0.25, -0.2) is 14.4 Å². The van der Waals surface area contributed by atoms with E-state index in [0.29, 0.717) is 23.8 Å². The number of methoxy groups -OCH3 is 1. The molecule has 0 spiro atoms. The number of fused-ring (bicyclic) bond motifs is 1. The number of aromatic amines is 1. The fourth-order valence-electron chi connectivity index (χ4n) is 2.95. The minimum atomic E-state index is -1.03. The lowest BCUT2D eigenvalue weighted by molar-refractivity contribution is -0.117. The van der Waals surface area contributed by atoms with Crippen molar-refractivity contribution in [1.29, 1.82) is 0 Å². The fourth-order valence-corrected chi connectivity index (χ4v) is 2.95. The number of nitrogens with one attached hydrogen (secondary N) is 2. The Morgan fingerprint density at radius 3 is 2.96 bits per heavy atom. The summed E-state index contributed by atoms with van der Waals surface area (Å²) in [5, 5.41) is 3.55. The molecule has 2 unspecified atom stereocenters. The Hall–Kier alpha value is -2.96. The van der Waals surface area contributed by atoms with Crippen molar-refractivity contribution >= 4 is 22.8 Å². The second-order valence-corrected chi connectivity index (χ2v) is 6.15. The number of pyridine rings is 2. The van der Waals surface area contributed by atoms with Crippen LogP contribution in [0, 0.1) is 12.8 Å². The third kappa shape index (κ3) is 2.71. The van der Waals surface area contributed by atoms with Crippen LogP contribution in [0.3, 0.4) is 0 Å². The van der Waals surface area contributed by atoms with Crippen LogP contribution in [0.4, 0.5) is 10.2 Å². The number of alkyl halides is 1. The number of anilines is 1. The van der Waals surface area contributed by atoms with Gasteiger partial charge >= 0.3 is 0 Å². The first-order chi connectivity index (χ1) is 12.1. The number of amides is 1. The van der Waals surface area contributed by atoms with E-state index in [0.717, 1.165) is 22.1 Å². The maximum Gasteiger partial charge on any atom is 0.231 e. The lowest BCUT2D eigenvalue weighted by Gasteiger charge is -2.09. The Morgan fingerprint density at radius 2 is 2.24 bits per heavy atom. The van der Waals surface area contributed by atoms with Gasteiger partial charge in [0.25, 0.3) is 0 Å². The van der Waals surface area contributed by atoms with Crippen LogP contribution < -0.4 is 10.1 Å². The molecule has 4 rings (SSSR count). The molecule has 0 radical (unpaired) electrons. The van der Waals surface area contributed by atoms with Crippen molar-refractivity contribution in [3.63, 3.8) is 0 Å². The molecule has 3 aromatic rings. The Bertz CT molecular complexity index is 979. The number of aryl methyl sites for hydroxylation is 1. The highest BCUT2D eigenvalue weighted by atomic mass is 19.1. The first-order valence-electron chi connectivity index (χ1n) is 8.01. The van der Waals surface area contributed by atoms with Crippen molar-refractivity contribution in [3.8, 4) is 17.0 Å². The number of aromatic nitrogens is 3. The van der Waals surface area contributed by atoms with Crippen molar-refractivity contribution < 1.29 is 16.8 Å². The molecule has 0 saturated heterocycles. The largest absolute Gasteiger partial charge is 0.481 e. The molecule has 6 nitrogen and oxygen atoms in total. The number of carbonyl (C=O) groups is 1. The standard InChI is InChI=1S/C18H17FN4O2.2H2/c1-9-5-6-20-18(25-2)15(9)12-8-21-16-10(12)3-4-14(22-16)23-17(24)11-7-13(11)19;;/h3-6,8,11,13H,7H2,1-2H3,(H2,21,22,23,24);2*1H. The zero-order chi connectivity index (χ0) is 17.6. The quantitative estimate of drug-likeness (QED) is 0.756. The molecular weight excluding hydrogens is 323 g/mol. The van der Waals surface area contributed by atoms with Gasteiger partial charge in [-0.15, -0.1) is 0 Å². The molecular formula is C18H21FN4O2. The molecule has 1 aliphatic carbocycles. The van der Waals surface area contributed by atoms with E-state index >= 15 is 0 Å². The molecule has 0 aliphatic heterocycles. The lowest BCUT2D eigenvalue weighted by Crippen LogP contribution is -2.15. The summed E-state index contributed by atoms with van der Waals surface area (Å²) in [5.41, 5.74) is 3.49. The summed E-state index contributed by atoms with van der Waals surface area (Å²) in [6.07, 6.45) is 2.81. The van der Waals surface area contributed by atoms with Crippen molar-refractivity contribution in [3.05, 3.63) is 36.2 Å². The molecule has 132 valence electrons. The molecule has 1 saturated carbocycles. The zero-order valence-electron chi connectivity index (χ0n) is 13.8. The van der Waals surface area contributed by atoms with Gasteiger partial charge in [0.1, 0.15) is 17.6 Å². The van der Waals surface area contributed by atoms with Crippen molar-refractivity contribution in [2.24, 2.45) is 5.92 Å². The van der Waals surface area contributed by atoms with Crippen LogP contribution in [0.15, 0.2) is 30.6 Å². The third-order valence-corrected chi connectivity index (χ3v) is 4.43. The molecule has 7 heteroatoms. The third-order valence-electron chi connectivity index (χ3n) is 4.43. The van der Waals surface area contributed by atoms with Gasteiger partial charge in [0.15, 0.2) is 0 Å². The highest BCUT2D eigenvalue weighted by Crippen LogP contribution is 2.37. The summed E-state index contributed by atoms with van der Waals surface area (Å²) in [4.78, 5) is 23.6. The van der Waals surface area contributed by atoms with E-state index in [-0.39, 0.29) is 8.76 Å². The SMILES string of the molecule is COc1nccc(C)c1-c1c[nH]c2nc(NC(=O)C3CC3F)ccc12.[HH].[HH]. The van der Waals surface area contributed by atoms with E-state index in [2.05, 4.69) is 20.3 Å². The highest BCUT2D eigenvalue weighted by Gasteiger charge is 2.43. The molecule has 0 aromatic carbocycles. The van der Waals surface area contributed by atoms with E-state index in [4.69, 9.17) is 4.74 Å². The van der Waals surface area contributed by atoms with Crippen LogP contribution in [0.5, 0.6) is 5.88 Å². The van der Waals surface area contributed by atoms with Crippen LogP contribution in [0.2, 0.25) is 0 Å². The minimum absolute atomic E-state index is 0. The number of H-pyrrole nitrogens is 1. The lowest BCUT2D eigenvalue weighted by atomic mass is 10.0. The summed E-state index contributed by atoms with van der Waals surface area (Å²) < 4.78 is 18.4. The zero-order valence-corrected chi connectivity index (χ0v) is 13.8. The maximum absolute atomic E-state index is 13.0. The average Bonchev–Trinajstić information content (AvgIpc) is 3.20. The number of rotatable bonds is 4. The molecule has 3 heterocycles. The summed E-state index contributed by atoms with van der Waals surface area (Å²) in [7, 11) is 1.59. The molecule has 2 N–H and O–H groups in total. The number of hydrogen-bond acceptors (Lipinski definition) is 4. The maximum atomic E-state index is 13.0. The molecule has 2 atom stereocenters. The van der Waals surface area contributed by atoms with Gasteiger partial charge in [-0.3, -0.25) is 4.79 Å². The van der Waals surface area contributed by atoms with Crippen LogP contribution in [-0.4, -0.2) is 34.1 Å². The van der Waals surface area contributed by atoms with Gasteiger partial charge < -0.3 is 15.0 Å². The molecule has 1 amide bonds. The second kappa shape index (κ2) is 5.84. The average molecular weight is 344 g/mol. The topological polar surface area (TPSA) is 79.9 Å². The van der Waals surface area contributed by atoms with Crippen LogP contribution in [-0.2, 0) is 4.79 Å². The summed E-state index contributed by atoms with van der Waals surface area (Å²) >= 11 is 0. The number of carbonyl (C=O) groups excluding carboxylic acids is 1.